The molecule has 1 aromatic carbocycles. The highest BCUT2D eigenvalue weighted by atomic mass is 32.2. The summed E-state index contributed by atoms with van der Waals surface area (Å²) in [5, 5.41) is 12.9. The summed E-state index contributed by atoms with van der Waals surface area (Å²) in [6, 6.07) is 3.65. The first-order chi connectivity index (χ1) is 10.7. The highest BCUT2D eigenvalue weighted by molar-refractivity contribution is 7.92. The van der Waals surface area contributed by atoms with Crippen molar-refractivity contribution in [3.63, 3.8) is 0 Å². The van der Waals surface area contributed by atoms with Crippen molar-refractivity contribution >= 4 is 27.4 Å². The average molecular weight is 344 g/mol. The quantitative estimate of drug-likeness (QED) is 0.431. The van der Waals surface area contributed by atoms with E-state index < -0.39 is 38.4 Å². The number of nitro groups is 1. The minimum Gasteiger partial charge on any atom is -0.469 e. The van der Waals surface area contributed by atoms with Crippen LogP contribution < -0.4 is 5.32 Å². The Morgan fingerprint density at radius 3 is 2.35 bits per heavy atom. The number of esters is 1. The van der Waals surface area contributed by atoms with E-state index in [1.807, 2.05) is 0 Å². The van der Waals surface area contributed by atoms with Gasteiger partial charge in [-0.15, -0.1) is 0 Å². The molecule has 10 heteroatoms. The molecule has 9 nitrogen and oxygen atoms in total. The number of nitro benzene ring substituents is 1. The number of nitrogens with zero attached hydrogens (tertiary/aromatic N) is 1. The second kappa shape index (κ2) is 7.68. The molecule has 0 heterocycles. The maximum atomic E-state index is 12.1. The largest absolute Gasteiger partial charge is 0.469 e. The zero-order valence-corrected chi connectivity index (χ0v) is 13.3. The molecule has 1 atom stereocenters. The molecule has 1 N–H and O–H groups in total. The van der Waals surface area contributed by atoms with Crippen LogP contribution in [-0.2, 0) is 24.2 Å². The summed E-state index contributed by atoms with van der Waals surface area (Å²) < 4.78 is 28.6. The summed E-state index contributed by atoms with van der Waals surface area (Å²) in [5.41, 5.74) is -0.250. The van der Waals surface area contributed by atoms with E-state index in [1.165, 1.54) is 14.0 Å². The summed E-state index contributed by atoms with van der Waals surface area (Å²) in [7, 11) is -2.73. The molecule has 0 saturated carbocycles. The number of carbonyl (C=O) groups excluding carboxylic acids is 2. The molecule has 0 radical (unpaired) electrons. The third kappa shape index (κ3) is 5.66. The van der Waals surface area contributed by atoms with Gasteiger partial charge >= 0.3 is 5.97 Å². The van der Waals surface area contributed by atoms with E-state index in [0.717, 1.165) is 24.3 Å². The number of ether oxygens (including phenoxy) is 1. The van der Waals surface area contributed by atoms with Crippen LogP contribution in [0.5, 0.6) is 0 Å². The molecule has 0 saturated heterocycles. The number of hydrogen-bond donors (Lipinski definition) is 1. The van der Waals surface area contributed by atoms with Gasteiger partial charge in [0, 0.05) is 18.2 Å². The van der Waals surface area contributed by atoms with Crippen LogP contribution in [-0.4, -0.2) is 44.1 Å². The lowest BCUT2D eigenvalue weighted by Gasteiger charge is -2.12. The van der Waals surface area contributed by atoms with Gasteiger partial charge in [0.15, 0.2) is 9.84 Å². The first kappa shape index (κ1) is 18.6. The van der Waals surface area contributed by atoms with Crippen LogP contribution in [0.1, 0.15) is 13.3 Å². The summed E-state index contributed by atoms with van der Waals surface area (Å²) >= 11 is 0. The number of rotatable bonds is 7. The van der Waals surface area contributed by atoms with Crippen molar-refractivity contribution in [2.75, 3.05) is 12.9 Å². The molecule has 1 rings (SSSR count). The van der Waals surface area contributed by atoms with Gasteiger partial charge in [-0.2, -0.15) is 0 Å². The van der Waals surface area contributed by atoms with Crippen LogP contribution in [0.15, 0.2) is 29.2 Å². The van der Waals surface area contributed by atoms with Gasteiger partial charge in [-0.25, -0.2) is 8.42 Å². The van der Waals surface area contributed by atoms with Crippen molar-refractivity contribution < 1.29 is 27.7 Å². The van der Waals surface area contributed by atoms with E-state index in [0.29, 0.717) is 0 Å². The fourth-order valence-electron chi connectivity index (χ4n) is 1.73. The summed E-state index contributed by atoms with van der Waals surface area (Å²) in [5.74, 6) is -2.13. The van der Waals surface area contributed by atoms with Crippen LogP contribution in [0.4, 0.5) is 5.69 Å². The van der Waals surface area contributed by atoms with Crippen molar-refractivity contribution in [1.29, 1.82) is 0 Å². The molecular formula is C13H16N2O7S. The number of methoxy groups -OCH3 is 1. The number of carbonyl (C=O) groups is 2. The van der Waals surface area contributed by atoms with Gasteiger partial charge in [0.25, 0.3) is 5.69 Å². The molecule has 0 bridgehead atoms. The van der Waals surface area contributed by atoms with Gasteiger partial charge in [0.2, 0.25) is 5.91 Å². The number of non-ortho nitro benzene ring substituents is 1. The molecule has 0 fully saturated rings. The van der Waals surface area contributed by atoms with E-state index in [1.54, 1.807) is 0 Å². The van der Waals surface area contributed by atoms with Crippen LogP contribution in [0.3, 0.4) is 0 Å². The first-order valence-corrected chi connectivity index (χ1v) is 8.14. The molecular weight excluding hydrogens is 328 g/mol. The van der Waals surface area contributed by atoms with Crippen LogP contribution in [0.2, 0.25) is 0 Å². The Kier molecular flexibility index (Phi) is 6.19. The standard InChI is InChI=1S/C13H16N2O7S/c1-9(7-13(17)22-2)14-12(16)8-23(20,21)11-5-3-10(4-6-11)15(18)19/h3-6,9H,7-8H2,1-2H3,(H,14,16). The lowest BCUT2D eigenvalue weighted by Crippen LogP contribution is -2.38. The second-order valence-corrected chi connectivity index (χ2v) is 6.75. The van der Waals surface area contributed by atoms with Crippen molar-refractivity contribution in [1.82, 2.24) is 5.32 Å². The normalized spacial score (nSPS) is 12.3. The minimum atomic E-state index is -3.93. The Labute approximate surface area is 132 Å². The molecule has 0 aliphatic rings. The number of benzene rings is 1. The Morgan fingerprint density at radius 2 is 1.87 bits per heavy atom. The summed E-state index contributed by atoms with van der Waals surface area (Å²) in [4.78, 5) is 32.5. The van der Waals surface area contributed by atoms with E-state index >= 15 is 0 Å². The molecule has 1 aromatic rings. The third-order valence-electron chi connectivity index (χ3n) is 2.84. The minimum absolute atomic E-state index is 0.0835. The smallest absolute Gasteiger partial charge is 0.307 e. The van der Waals surface area contributed by atoms with Crippen molar-refractivity contribution in [3.8, 4) is 0 Å². The van der Waals surface area contributed by atoms with Gasteiger partial charge in [-0.05, 0) is 19.1 Å². The van der Waals surface area contributed by atoms with Crippen LogP contribution in [0, 0.1) is 10.1 Å². The number of nitrogens with one attached hydrogen (secondary N) is 1. The predicted octanol–water partition coefficient (Wildman–Crippen LogP) is 0.436. The van der Waals surface area contributed by atoms with E-state index in [2.05, 4.69) is 10.1 Å². The fourth-order valence-corrected chi connectivity index (χ4v) is 2.88. The molecule has 0 aromatic heterocycles. The SMILES string of the molecule is COC(=O)CC(C)NC(=O)CS(=O)(=O)c1ccc([N+](=O)[O-])cc1. The Bertz CT molecular complexity index is 698. The summed E-state index contributed by atoms with van der Waals surface area (Å²) in [6.45, 7) is 1.54. The molecule has 126 valence electrons. The highest BCUT2D eigenvalue weighted by Crippen LogP contribution is 2.16. The second-order valence-electron chi connectivity index (χ2n) is 4.76. The van der Waals surface area contributed by atoms with Crippen molar-refractivity contribution in [2.45, 2.75) is 24.3 Å². The predicted molar refractivity (Wildman–Crippen MR) is 79.4 cm³/mol. The van der Waals surface area contributed by atoms with Crippen molar-refractivity contribution in [2.24, 2.45) is 0 Å². The van der Waals surface area contributed by atoms with Gasteiger partial charge in [-0.1, -0.05) is 0 Å². The fraction of sp³-hybridized carbons (Fsp3) is 0.385. The van der Waals surface area contributed by atoms with Gasteiger partial charge < -0.3 is 10.1 Å². The Hall–Kier alpha value is -2.49. The lowest BCUT2D eigenvalue weighted by atomic mass is 10.2. The Morgan fingerprint density at radius 1 is 1.30 bits per heavy atom. The van der Waals surface area contributed by atoms with E-state index in [4.69, 9.17) is 0 Å². The number of amides is 1. The summed E-state index contributed by atoms with van der Waals surface area (Å²) in [6.07, 6.45) is -0.0835. The molecule has 0 aliphatic heterocycles. The van der Waals surface area contributed by atoms with Gasteiger partial charge in [0.05, 0.1) is 23.3 Å². The molecule has 1 amide bonds. The average Bonchev–Trinajstić information content (AvgIpc) is 2.46. The Balaban J connectivity index is 2.72. The zero-order chi connectivity index (χ0) is 17.6. The monoisotopic (exact) mass is 344 g/mol. The molecule has 1 unspecified atom stereocenters. The molecule has 0 spiro atoms. The third-order valence-corrected chi connectivity index (χ3v) is 4.47. The van der Waals surface area contributed by atoms with Crippen LogP contribution in [0.25, 0.3) is 0 Å². The molecule has 0 aliphatic carbocycles. The van der Waals surface area contributed by atoms with E-state index in [-0.39, 0.29) is 17.0 Å². The number of sulfone groups is 1. The first-order valence-electron chi connectivity index (χ1n) is 6.49. The topological polar surface area (TPSA) is 133 Å². The van der Waals surface area contributed by atoms with Crippen molar-refractivity contribution in [3.05, 3.63) is 34.4 Å². The number of hydrogen-bond acceptors (Lipinski definition) is 7. The van der Waals surface area contributed by atoms with Crippen LogP contribution >= 0.6 is 0 Å². The maximum absolute atomic E-state index is 12.1. The lowest BCUT2D eigenvalue weighted by molar-refractivity contribution is -0.384. The zero-order valence-electron chi connectivity index (χ0n) is 12.5. The van der Waals surface area contributed by atoms with Gasteiger partial charge in [0.1, 0.15) is 5.75 Å². The van der Waals surface area contributed by atoms with E-state index in [9.17, 15) is 28.1 Å². The highest BCUT2D eigenvalue weighted by Gasteiger charge is 2.22. The van der Waals surface area contributed by atoms with Gasteiger partial charge in [-0.3, -0.25) is 19.7 Å². The molecule has 23 heavy (non-hydrogen) atoms. The maximum Gasteiger partial charge on any atom is 0.307 e.